The van der Waals surface area contributed by atoms with E-state index in [0.717, 1.165) is 0 Å². The quantitative estimate of drug-likeness (QED) is 0.558. The summed E-state index contributed by atoms with van der Waals surface area (Å²) < 4.78 is 10.9. The van der Waals surface area contributed by atoms with Crippen molar-refractivity contribution in [3.8, 4) is 6.07 Å². The molecule has 2 N–H and O–H groups in total. The Morgan fingerprint density at radius 1 is 1.64 bits per heavy atom. The van der Waals surface area contributed by atoms with E-state index in [9.17, 15) is 9.00 Å². The van der Waals surface area contributed by atoms with Crippen LogP contribution in [0, 0.1) is 11.3 Å². The van der Waals surface area contributed by atoms with E-state index in [1.54, 1.807) is 6.26 Å². The average molecular weight is 217 g/mol. The fourth-order valence-electron chi connectivity index (χ4n) is 0.707. The highest BCUT2D eigenvalue weighted by atomic mass is 32.2. The number of rotatable bonds is 6. The molecule has 0 aliphatic rings. The van der Waals surface area contributed by atoms with E-state index < -0.39 is 10.8 Å². The van der Waals surface area contributed by atoms with Gasteiger partial charge in [-0.25, -0.2) is 0 Å². The van der Waals surface area contributed by atoms with Gasteiger partial charge in [-0.1, -0.05) is 0 Å². The molecule has 0 saturated heterocycles. The smallest absolute Gasteiger partial charge is 0.234 e. The molecule has 0 fully saturated rings. The number of nitrogens with zero attached hydrogens (tertiary/aromatic N) is 1. The molecule has 0 radical (unpaired) electrons. The number of hydrogen-bond acceptors (Lipinski definition) is 4. The Balaban J connectivity index is 3.50. The molecule has 0 aliphatic heterocycles. The van der Waals surface area contributed by atoms with Crippen LogP contribution in [-0.4, -0.2) is 41.3 Å². The van der Waals surface area contributed by atoms with Gasteiger partial charge in [0.25, 0.3) is 0 Å². The lowest BCUT2D eigenvalue weighted by Gasteiger charge is -2.08. The van der Waals surface area contributed by atoms with Gasteiger partial charge in [0.1, 0.15) is 6.54 Å². The first-order valence-corrected chi connectivity index (χ1v) is 5.86. The summed E-state index contributed by atoms with van der Waals surface area (Å²) in [7, 11) is -0.877. The Hall–Kier alpha value is -0.930. The van der Waals surface area contributed by atoms with Gasteiger partial charge in [-0.2, -0.15) is 5.26 Å². The van der Waals surface area contributed by atoms with E-state index in [0.29, 0.717) is 6.54 Å². The minimum absolute atomic E-state index is 0.0236. The largest absolute Gasteiger partial charge is 0.342 e. The second-order valence-corrected chi connectivity index (χ2v) is 4.68. The summed E-state index contributed by atoms with van der Waals surface area (Å²) in [5.74, 6) is -0.222. The van der Waals surface area contributed by atoms with Crippen LogP contribution in [0.5, 0.6) is 0 Å². The molecule has 0 bridgehead atoms. The van der Waals surface area contributed by atoms with Crippen LogP contribution in [0.15, 0.2) is 0 Å². The van der Waals surface area contributed by atoms with Crippen molar-refractivity contribution in [1.82, 2.24) is 10.6 Å². The SMILES string of the molecule is CC(CNCC(=O)NCC#N)S(C)=O. The molecule has 6 heteroatoms. The van der Waals surface area contributed by atoms with Gasteiger partial charge in [0, 0.05) is 28.9 Å². The van der Waals surface area contributed by atoms with E-state index >= 15 is 0 Å². The third kappa shape index (κ3) is 6.57. The topological polar surface area (TPSA) is 82.0 Å². The maximum atomic E-state index is 11.0. The maximum Gasteiger partial charge on any atom is 0.234 e. The van der Waals surface area contributed by atoms with Gasteiger partial charge >= 0.3 is 0 Å². The molecule has 0 aromatic rings. The van der Waals surface area contributed by atoms with Crippen molar-refractivity contribution < 1.29 is 9.00 Å². The van der Waals surface area contributed by atoms with Crippen molar-refractivity contribution in [3.63, 3.8) is 0 Å². The van der Waals surface area contributed by atoms with Gasteiger partial charge in [-0.05, 0) is 6.92 Å². The highest BCUT2D eigenvalue weighted by molar-refractivity contribution is 7.84. The molecule has 1 amide bonds. The number of amides is 1. The van der Waals surface area contributed by atoms with E-state index in [-0.39, 0.29) is 24.2 Å². The van der Waals surface area contributed by atoms with E-state index in [2.05, 4.69) is 10.6 Å². The molecule has 0 heterocycles. The van der Waals surface area contributed by atoms with Crippen molar-refractivity contribution in [2.45, 2.75) is 12.2 Å². The lowest BCUT2D eigenvalue weighted by molar-refractivity contribution is -0.120. The van der Waals surface area contributed by atoms with Crippen LogP contribution in [-0.2, 0) is 15.6 Å². The second-order valence-electron chi connectivity index (χ2n) is 2.87. The summed E-state index contributed by atoms with van der Waals surface area (Å²) in [6, 6.07) is 1.81. The van der Waals surface area contributed by atoms with Crippen molar-refractivity contribution in [2.24, 2.45) is 0 Å². The van der Waals surface area contributed by atoms with Crippen LogP contribution < -0.4 is 10.6 Å². The first-order chi connectivity index (χ1) is 6.57. The zero-order chi connectivity index (χ0) is 11.0. The highest BCUT2D eigenvalue weighted by Crippen LogP contribution is 1.88. The van der Waals surface area contributed by atoms with Crippen LogP contribution in [0.1, 0.15) is 6.92 Å². The summed E-state index contributed by atoms with van der Waals surface area (Å²) >= 11 is 0. The summed E-state index contributed by atoms with van der Waals surface area (Å²) in [6.45, 7) is 2.55. The Morgan fingerprint density at radius 2 is 2.29 bits per heavy atom. The molecule has 0 spiro atoms. The molecular weight excluding hydrogens is 202 g/mol. The number of nitrogens with one attached hydrogen (secondary N) is 2. The predicted molar refractivity (Wildman–Crippen MR) is 55.0 cm³/mol. The number of hydrogen-bond donors (Lipinski definition) is 2. The predicted octanol–water partition coefficient (Wildman–Crippen LogP) is -1.02. The van der Waals surface area contributed by atoms with Gasteiger partial charge in [0.15, 0.2) is 0 Å². The summed E-state index contributed by atoms with van der Waals surface area (Å²) in [5.41, 5.74) is 0. The number of carbonyl (C=O) groups is 1. The minimum Gasteiger partial charge on any atom is -0.342 e. The van der Waals surface area contributed by atoms with Crippen LogP contribution >= 0.6 is 0 Å². The molecule has 0 aromatic carbocycles. The first-order valence-electron chi connectivity index (χ1n) is 4.24. The lowest BCUT2D eigenvalue weighted by atomic mass is 10.4. The molecule has 5 nitrogen and oxygen atoms in total. The van der Waals surface area contributed by atoms with Crippen molar-refractivity contribution in [2.75, 3.05) is 25.9 Å². The Labute approximate surface area is 86.3 Å². The van der Waals surface area contributed by atoms with Crippen LogP contribution in [0.2, 0.25) is 0 Å². The van der Waals surface area contributed by atoms with E-state index in [1.807, 2.05) is 13.0 Å². The van der Waals surface area contributed by atoms with Gasteiger partial charge in [0.2, 0.25) is 5.91 Å². The Morgan fingerprint density at radius 3 is 2.79 bits per heavy atom. The van der Waals surface area contributed by atoms with Gasteiger partial charge in [0.05, 0.1) is 12.6 Å². The average Bonchev–Trinajstić information content (AvgIpc) is 2.14. The lowest BCUT2D eigenvalue weighted by Crippen LogP contribution is -2.37. The number of carbonyl (C=O) groups excluding carboxylic acids is 1. The standard InChI is InChI=1S/C8H15N3O2S/c1-7(14(2)13)5-10-6-8(12)11-4-3-9/h7,10H,4-6H2,1-2H3,(H,11,12). The molecule has 0 aliphatic carbocycles. The fourth-order valence-corrected chi connectivity index (χ4v) is 1.06. The molecule has 80 valence electrons. The monoisotopic (exact) mass is 217 g/mol. The first kappa shape index (κ1) is 13.1. The van der Waals surface area contributed by atoms with Crippen molar-refractivity contribution >= 4 is 16.7 Å². The van der Waals surface area contributed by atoms with Crippen LogP contribution in [0.4, 0.5) is 0 Å². The van der Waals surface area contributed by atoms with Crippen LogP contribution in [0.3, 0.4) is 0 Å². The summed E-state index contributed by atoms with van der Waals surface area (Å²) in [4.78, 5) is 11.0. The summed E-state index contributed by atoms with van der Waals surface area (Å²) in [6.07, 6.45) is 1.63. The molecule has 0 aromatic heterocycles. The van der Waals surface area contributed by atoms with Crippen molar-refractivity contribution in [1.29, 1.82) is 5.26 Å². The minimum atomic E-state index is -0.877. The van der Waals surface area contributed by atoms with Crippen molar-refractivity contribution in [3.05, 3.63) is 0 Å². The third-order valence-corrected chi connectivity index (χ3v) is 2.95. The Bertz CT molecular complexity index is 249. The molecule has 2 unspecified atom stereocenters. The van der Waals surface area contributed by atoms with Crippen LogP contribution in [0.25, 0.3) is 0 Å². The molecule has 2 atom stereocenters. The zero-order valence-corrected chi connectivity index (χ0v) is 9.19. The van der Waals surface area contributed by atoms with E-state index in [1.165, 1.54) is 0 Å². The molecule has 0 rings (SSSR count). The third-order valence-electron chi connectivity index (χ3n) is 1.65. The van der Waals surface area contributed by atoms with Gasteiger partial charge in [-0.15, -0.1) is 0 Å². The van der Waals surface area contributed by atoms with E-state index in [4.69, 9.17) is 5.26 Å². The van der Waals surface area contributed by atoms with Gasteiger partial charge < -0.3 is 10.6 Å². The zero-order valence-electron chi connectivity index (χ0n) is 8.37. The summed E-state index contributed by atoms with van der Waals surface area (Å²) in [5, 5.41) is 13.5. The number of nitriles is 1. The molecular formula is C8H15N3O2S. The highest BCUT2D eigenvalue weighted by Gasteiger charge is 2.06. The maximum absolute atomic E-state index is 11.0. The molecule has 14 heavy (non-hydrogen) atoms. The normalized spacial score (nSPS) is 14.1. The van der Waals surface area contributed by atoms with Gasteiger partial charge in [-0.3, -0.25) is 9.00 Å². The second kappa shape index (κ2) is 7.47. The molecule has 0 saturated carbocycles. The fraction of sp³-hybridized carbons (Fsp3) is 0.750. The Kier molecular flexibility index (Phi) is 6.98.